The van der Waals surface area contributed by atoms with Gasteiger partial charge in [0.2, 0.25) is 0 Å². The molecular formula is C23H33IN4O2S. The van der Waals surface area contributed by atoms with E-state index in [0.717, 1.165) is 38.2 Å². The van der Waals surface area contributed by atoms with Gasteiger partial charge in [0.15, 0.2) is 12.6 Å². The van der Waals surface area contributed by atoms with E-state index in [-0.39, 0.29) is 36.5 Å². The van der Waals surface area contributed by atoms with Gasteiger partial charge < -0.3 is 20.7 Å². The molecule has 1 unspecified atom stereocenters. The summed E-state index contributed by atoms with van der Waals surface area (Å²) in [4.78, 5) is 18.7. The number of carbonyl (C=O) groups excluding carboxylic acids is 1. The molecule has 0 saturated heterocycles. The molecule has 1 aromatic carbocycles. The van der Waals surface area contributed by atoms with Crippen molar-refractivity contribution in [2.45, 2.75) is 51.6 Å². The molecule has 3 N–H and O–H groups in total. The molecule has 1 aliphatic carbocycles. The monoisotopic (exact) mass is 556 g/mol. The fourth-order valence-corrected chi connectivity index (χ4v) is 4.12. The third-order valence-corrected chi connectivity index (χ3v) is 5.87. The highest BCUT2D eigenvalue weighted by molar-refractivity contribution is 14.0. The fraction of sp³-hybridized carbons (Fsp3) is 0.478. The van der Waals surface area contributed by atoms with Gasteiger partial charge in [-0.2, -0.15) is 0 Å². The number of carbonyl (C=O) groups is 1. The van der Waals surface area contributed by atoms with Crippen LogP contribution >= 0.6 is 35.3 Å². The average Bonchev–Trinajstić information content (AvgIpc) is 3.45. The highest BCUT2D eigenvalue weighted by atomic mass is 127. The van der Waals surface area contributed by atoms with Crippen LogP contribution in [0.1, 0.15) is 35.1 Å². The summed E-state index contributed by atoms with van der Waals surface area (Å²) in [5.41, 5.74) is 1.20. The summed E-state index contributed by atoms with van der Waals surface area (Å²) in [6.45, 7) is 5.17. The normalized spacial score (nSPS) is 14.4. The third kappa shape index (κ3) is 9.47. The zero-order chi connectivity index (χ0) is 21.3. The summed E-state index contributed by atoms with van der Waals surface area (Å²) < 4.78 is 5.55. The van der Waals surface area contributed by atoms with E-state index in [1.165, 1.54) is 15.3 Å². The van der Waals surface area contributed by atoms with Crippen LogP contribution in [0.4, 0.5) is 0 Å². The molecule has 0 aliphatic heterocycles. The second kappa shape index (κ2) is 12.9. The first kappa shape index (κ1) is 25.5. The number of hydrogen-bond acceptors (Lipinski definition) is 4. The molecule has 0 radical (unpaired) electrons. The summed E-state index contributed by atoms with van der Waals surface area (Å²) in [6, 6.07) is 12.9. The van der Waals surface area contributed by atoms with Gasteiger partial charge in [0, 0.05) is 41.9 Å². The van der Waals surface area contributed by atoms with E-state index in [9.17, 15) is 4.79 Å². The Balaban J connectivity index is 0.00000341. The largest absolute Gasteiger partial charge is 0.484 e. The number of ether oxygens (including phenoxy) is 1. The van der Waals surface area contributed by atoms with Crippen LogP contribution in [-0.4, -0.2) is 44.1 Å². The molecule has 6 nitrogen and oxygen atoms in total. The number of halogens is 1. The van der Waals surface area contributed by atoms with Gasteiger partial charge in [-0.05, 0) is 62.9 Å². The molecule has 3 rings (SSSR count). The Morgan fingerprint density at radius 2 is 1.97 bits per heavy atom. The maximum Gasteiger partial charge on any atom is 0.258 e. The number of thiophene rings is 1. The number of hydrogen-bond donors (Lipinski definition) is 3. The van der Waals surface area contributed by atoms with Crippen molar-refractivity contribution in [3.05, 3.63) is 51.7 Å². The molecule has 2 aromatic rings. The number of rotatable bonds is 10. The second-order valence-corrected chi connectivity index (χ2v) is 9.16. The van der Waals surface area contributed by atoms with E-state index in [1.807, 2.05) is 35.6 Å². The Hall–Kier alpha value is -1.81. The van der Waals surface area contributed by atoms with Gasteiger partial charge in [-0.3, -0.25) is 9.79 Å². The maximum atomic E-state index is 11.7. The first-order valence-electron chi connectivity index (χ1n) is 10.6. The van der Waals surface area contributed by atoms with Crippen molar-refractivity contribution in [2.75, 3.05) is 20.2 Å². The van der Waals surface area contributed by atoms with Crippen LogP contribution in [0.5, 0.6) is 5.75 Å². The van der Waals surface area contributed by atoms with Gasteiger partial charge >= 0.3 is 0 Å². The van der Waals surface area contributed by atoms with Crippen LogP contribution in [0.3, 0.4) is 0 Å². The van der Waals surface area contributed by atoms with Gasteiger partial charge in [-0.1, -0.05) is 12.1 Å². The number of amides is 1. The highest BCUT2D eigenvalue weighted by Crippen LogP contribution is 2.19. The Morgan fingerprint density at radius 1 is 1.23 bits per heavy atom. The van der Waals surface area contributed by atoms with Crippen LogP contribution in [0.15, 0.2) is 41.4 Å². The van der Waals surface area contributed by atoms with E-state index in [1.54, 1.807) is 7.05 Å². The number of guanidine groups is 1. The number of nitrogens with zero attached hydrogens (tertiary/aromatic N) is 1. The minimum atomic E-state index is -0.0481. The van der Waals surface area contributed by atoms with E-state index in [4.69, 9.17) is 4.74 Å². The van der Waals surface area contributed by atoms with Crippen LogP contribution in [-0.2, 0) is 17.6 Å². The number of aliphatic imine (C=N–C) groups is 1. The maximum absolute atomic E-state index is 11.7. The molecule has 170 valence electrons. The molecule has 1 heterocycles. The minimum absolute atomic E-state index is 0. The third-order valence-electron chi connectivity index (χ3n) is 4.85. The smallest absolute Gasteiger partial charge is 0.258 e. The molecule has 1 aromatic heterocycles. The molecule has 1 saturated carbocycles. The van der Waals surface area contributed by atoms with Crippen molar-refractivity contribution in [1.29, 1.82) is 0 Å². The van der Waals surface area contributed by atoms with E-state index in [0.29, 0.717) is 17.8 Å². The SMILES string of the molecule is CN=C(NCCc1ccc(OCC(=O)NC2CC2)cc1)NC(C)Cc1ccc(C)s1.I. The first-order valence-corrected chi connectivity index (χ1v) is 11.4. The Kier molecular flexibility index (Phi) is 10.6. The zero-order valence-electron chi connectivity index (χ0n) is 18.4. The van der Waals surface area contributed by atoms with Crippen molar-refractivity contribution in [2.24, 2.45) is 4.99 Å². The van der Waals surface area contributed by atoms with Crippen molar-refractivity contribution >= 4 is 47.2 Å². The quantitative estimate of drug-likeness (QED) is 0.237. The number of benzene rings is 1. The zero-order valence-corrected chi connectivity index (χ0v) is 21.6. The van der Waals surface area contributed by atoms with Gasteiger partial charge in [0.25, 0.3) is 5.91 Å². The topological polar surface area (TPSA) is 74.8 Å². The fourth-order valence-electron chi connectivity index (χ4n) is 3.10. The van der Waals surface area contributed by atoms with Crippen LogP contribution in [0.2, 0.25) is 0 Å². The summed E-state index contributed by atoms with van der Waals surface area (Å²) in [7, 11) is 1.79. The second-order valence-electron chi connectivity index (χ2n) is 7.79. The summed E-state index contributed by atoms with van der Waals surface area (Å²) in [6.07, 6.45) is 4.03. The summed E-state index contributed by atoms with van der Waals surface area (Å²) >= 11 is 1.84. The molecule has 1 aliphatic rings. The summed E-state index contributed by atoms with van der Waals surface area (Å²) in [5.74, 6) is 1.48. The lowest BCUT2D eigenvalue weighted by molar-refractivity contribution is -0.123. The first-order chi connectivity index (χ1) is 14.5. The Bertz CT molecular complexity index is 850. The van der Waals surface area contributed by atoms with Crippen LogP contribution in [0.25, 0.3) is 0 Å². The van der Waals surface area contributed by atoms with Crippen molar-refractivity contribution < 1.29 is 9.53 Å². The van der Waals surface area contributed by atoms with Gasteiger partial charge in [-0.15, -0.1) is 35.3 Å². The molecule has 31 heavy (non-hydrogen) atoms. The standard InChI is InChI=1S/C23H32N4O2S.HI/c1-16(14-21-11-4-17(2)30-21)26-23(24-3)25-13-12-18-5-9-20(10-6-18)29-15-22(28)27-19-7-8-19;/h4-6,9-11,16,19H,7-8,12-15H2,1-3H3,(H,27,28)(H2,24,25,26);1H. The molecular weight excluding hydrogens is 523 g/mol. The molecule has 0 spiro atoms. The van der Waals surface area contributed by atoms with E-state index >= 15 is 0 Å². The Labute approximate surface area is 206 Å². The molecule has 1 amide bonds. The van der Waals surface area contributed by atoms with Crippen molar-refractivity contribution in [3.63, 3.8) is 0 Å². The molecule has 8 heteroatoms. The van der Waals surface area contributed by atoms with Gasteiger partial charge in [0.1, 0.15) is 5.75 Å². The van der Waals surface area contributed by atoms with E-state index in [2.05, 4.69) is 46.9 Å². The van der Waals surface area contributed by atoms with Gasteiger partial charge in [-0.25, -0.2) is 0 Å². The van der Waals surface area contributed by atoms with Gasteiger partial charge in [0.05, 0.1) is 0 Å². The van der Waals surface area contributed by atoms with Crippen LogP contribution < -0.4 is 20.7 Å². The highest BCUT2D eigenvalue weighted by Gasteiger charge is 2.23. The predicted octanol–water partition coefficient (Wildman–Crippen LogP) is 3.67. The predicted molar refractivity (Wildman–Crippen MR) is 139 cm³/mol. The Morgan fingerprint density at radius 3 is 2.58 bits per heavy atom. The lowest BCUT2D eigenvalue weighted by atomic mass is 10.1. The lowest BCUT2D eigenvalue weighted by Crippen LogP contribution is -2.43. The van der Waals surface area contributed by atoms with Crippen LogP contribution in [0, 0.1) is 6.92 Å². The van der Waals surface area contributed by atoms with Crippen molar-refractivity contribution in [3.8, 4) is 5.75 Å². The number of nitrogens with one attached hydrogen (secondary N) is 3. The van der Waals surface area contributed by atoms with E-state index < -0.39 is 0 Å². The average molecular weight is 557 g/mol. The van der Waals surface area contributed by atoms with Crippen molar-refractivity contribution in [1.82, 2.24) is 16.0 Å². The summed E-state index contributed by atoms with van der Waals surface area (Å²) in [5, 5.41) is 9.75. The number of aryl methyl sites for hydroxylation is 1. The molecule has 1 atom stereocenters. The lowest BCUT2D eigenvalue weighted by Gasteiger charge is -2.17. The molecule has 0 bridgehead atoms. The minimum Gasteiger partial charge on any atom is -0.484 e. The molecule has 1 fully saturated rings.